The molecule has 1 aliphatic carbocycles. The fourth-order valence-corrected chi connectivity index (χ4v) is 4.14. The molecule has 4 rings (SSSR count). The van der Waals surface area contributed by atoms with E-state index in [1.54, 1.807) is 7.11 Å². The molecule has 2 fully saturated rings. The molecular formula is C22H30N4O4. The van der Waals surface area contributed by atoms with Crippen molar-refractivity contribution in [3.05, 3.63) is 30.5 Å². The second kappa shape index (κ2) is 9.57. The van der Waals surface area contributed by atoms with E-state index >= 15 is 0 Å². The number of aromatic nitrogens is 3. The number of benzene rings is 1. The first kappa shape index (κ1) is 20.8. The van der Waals surface area contributed by atoms with Crippen molar-refractivity contribution in [2.75, 3.05) is 13.7 Å². The van der Waals surface area contributed by atoms with Gasteiger partial charge in [-0.1, -0.05) is 23.8 Å². The highest BCUT2D eigenvalue weighted by atomic mass is 16.5. The van der Waals surface area contributed by atoms with Crippen LogP contribution in [0.2, 0.25) is 0 Å². The zero-order valence-electron chi connectivity index (χ0n) is 17.4. The molecule has 30 heavy (non-hydrogen) atoms. The number of nitrogens with one attached hydrogen (secondary N) is 1. The number of carbonyl (C=O) groups is 1. The third-order valence-corrected chi connectivity index (χ3v) is 6.20. The Morgan fingerprint density at radius 1 is 1.30 bits per heavy atom. The van der Waals surface area contributed by atoms with Gasteiger partial charge in [0.05, 0.1) is 32.1 Å². The highest BCUT2D eigenvalue weighted by Crippen LogP contribution is 2.29. The van der Waals surface area contributed by atoms with Gasteiger partial charge in [0.25, 0.3) is 0 Å². The van der Waals surface area contributed by atoms with Gasteiger partial charge in [-0.05, 0) is 44.2 Å². The maximum Gasteiger partial charge on any atom is 0.223 e. The van der Waals surface area contributed by atoms with Crippen LogP contribution in [-0.4, -0.2) is 58.0 Å². The van der Waals surface area contributed by atoms with Crippen LogP contribution in [0.5, 0.6) is 5.75 Å². The van der Waals surface area contributed by atoms with Crippen LogP contribution in [0.15, 0.2) is 30.5 Å². The number of nitrogens with zero attached hydrogens (tertiary/aromatic N) is 3. The number of methoxy groups -OCH3 is 1. The van der Waals surface area contributed by atoms with Crippen LogP contribution in [0.4, 0.5) is 0 Å². The molecule has 2 aromatic rings. The minimum atomic E-state index is -0.354. The summed E-state index contributed by atoms with van der Waals surface area (Å²) < 4.78 is 13.3. The predicted octanol–water partition coefficient (Wildman–Crippen LogP) is 2.17. The number of ether oxygens (including phenoxy) is 2. The standard InChI is InChI=1S/C22H30N4O4/c1-29-20-8-3-2-7-17(20)19-13-26(25-24-19)12-11-16-9-10-18(21(14-27)30-16)23-22(28)15-5-4-6-15/h2-3,7-8,13,15-16,18,21,27H,4-6,9-12,14H2,1H3,(H,23,28)/t16-,18-,21+/m0/s1. The molecule has 0 spiro atoms. The Balaban J connectivity index is 1.29. The largest absolute Gasteiger partial charge is 0.496 e. The molecule has 2 N–H and O–H groups in total. The first-order chi connectivity index (χ1) is 14.7. The molecule has 8 heteroatoms. The van der Waals surface area contributed by atoms with E-state index in [1.165, 1.54) is 0 Å². The van der Waals surface area contributed by atoms with Crippen LogP contribution >= 0.6 is 0 Å². The average Bonchev–Trinajstić information content (AvgIpc) is 3.20. The monoisotopic (exact) mass is 414 g/mol. The molecule has 3 atom stereocenters. The fraction of sp³-hybridized carbons (Fsp3) is 0.591. The number of aryl methyl sites for hydroxylation is 1. The number of para-hydroxylation sites is 1. The Morgan fingerprint density at radius 2 is 2.13 bits per heavy atom. The third kappa shape index (κ3) is 4.65. The smallest absolute Gasteiger partial charge is 0.223 e. The molecule has 2 heterocycles. The molecule has 1 aromatic carbocycles. The van der Waals surface area contributed by atoms with Gasteiger partial charge in [0.2, 0.25) is 5.91 Å². The number of rotatable bonds is 8. The molecule has 0 unspecified atom stereocenters. The number of hydrogen-bond donors (Lipinski definition) is 2. The fourth-order valence-electron chi connectivity index (χ4n) is 4.14. The van der Waals surface area contributed by atoms with E-state index in [0.717, 1.165) is 55.5 Å². The summed E-state index contributed by atoms with van der Waals surface area (Å²) in [5, 5.41) is 21.3. The first-order valence-corrected chi connectivity index (χ1v) is 10.8. The number of carbonyl (C=O) groups excluding carboxylic acids is 1. The van der Waals surface area contributed by atoms with Gasteiger partial charge < -0.3 is 19.9 Å². The van der Waals surface area contributed by atoms with E-state index in [0.29, 0.717) is 6.54 Å². The van der Waals surface area contributed by atoms with Gasteiger partial charge in [-0.3, -0.25) is 9.48 Å². The minimum absolute atomic E-state index is 0.0258. The Kier molecular flexibility index (Phi) is 6.64. The summed E-state index contributed by atoms with van der Waals surface area (Å²) >= 11 is 0. The van der Waals surface area contributed by atoms with Gasteiger partial charge in [0, 0.05) is 18.0 Å². The number of amides is 1. The highest BCUT2D eigenvalue weighted by Gasteiger charge is 2.34. The van der Waals surface area contributed by atoms with Crippen LogP contribution in [0, 0.1) is 5.92 Å². The summed E-state index contributed by atoms with van der Waals surface area (Å²) in [6.45, 7) is 0.581. The summed E-state index contributed by atoms with van der Waals surface area (Å²) in [6.07, 6.45) is 7.09. The summed E-state index contributed by atoms with van der Waals surface area (Å²) in [6, 6.07) is 7.62. The van der Waals surface area contributed by atoms with Crippen molar-refractivity contribution in [2.45, 2.75) is 63.3 Å². The van der Waals surface area contributed by atoms with Crippen LogP contribution < -0.4 is 10.1 Å². The zero-order valence-corrected chi connectivity index (χ0v) is 17.4. The normalized spacial score (nSPS) is 24.3. The Labute approximate surface area is 176 Å². The number of aliphatic hydroxyl groups is 1. The van der Waals surface area contributed by atoms with Crippen molar-refractivity contribution in [2.24, 2.45) is 5.92 Å². The topological polar surface area (TPSA) is 98.5 Å². The van der Waals surface area contributed by atoms with Crippen molar-refractivity contribution in [3.8, 4) is 17.0 Å². The molecule has 162 valence electrons. The van der Waals surface area contributed by atoms with Gasteiger partial charge in [-0.2, -0.15) is 0 Å². The van der Waals surface area contributed by atoms with Gasteiger partial charge >= 0.3 is 0 Å². The lowest BCUT2D eigenvalue weighted by Gasteiger charge is -2.37. The summed E-state index contributed by atoms with van der Waals surface area (Å²) in [4.78, 5) is 12.2. The van der Waals surface area contributed by atoms with Crippen molar-refractivity contribution in [3.63, 3.8) is 0 Å². The van der Waals surface area contributed by atoms with Gasteiger partial charge in [-0.25, -0.2) is 0 Å². The van der Waals surface area contributed by atoms with E-state index in [4.69, 9.17) is 9.47 Å². The molecule has 1 aromatic heterocycles. The number of hydrogen-bond acceptors (Lipinski definition) is 6. The van der Waals surface area contributed by atoms with Crippen LogP contribution in [-0.2, 0) is 16.1 Å². The van der Waals surface area contributed by atoms with Crippen LogP contribution in [0.1, 0.15) is 38.5 Å². The molecule has 0 bridgehead atoms. The summed E-state index contributed by atoms with van der Waals surface area (Å²) in [5.74, 6) is 1.02. The second-order valence-electron chi connectivity index (χ2n) is 8.16. The van der Waals surface area contributed by atoms with Crippen molar-refractivity contribution < 1.29 is 19.4 Å². The van der Waals surface area contributed by atoms with E-state index in [9.17, 15) is 9.90 Å². The summed E-state index contributed by atoms with van der Waals surface area (Å²) in [5.41, 5.74) is 1.68. The lowest BCUT2D eigenvalue weighted by Crippen LogP contribution is -2.52. The Bertz CT molecular complexity index is 851. The molecule has 8 nitrogen and oxygen atoms in total. The lowest BCUT2D eigenvalue weighted by atomic mass is 9.84. The van der Waals surface area contributed by atoms with E-state index in [-0.39, 0.29) is 36.7 Å². The SMILES string of the molecule is COc1ccccc1-c1cn(CC[C@@H]2CC[C@H](NC(=O)C3CCC3)[C@@H](CO)O2)nn1. The Hall–Kier alpha value is -2.45. The van der Waals surface area contributed by atoms with Crippen LogP contribution in [0.25, 0.3) is 11.3 Å². The summed E-state index contributed by atoms with van der Waals surface area (Å²) in [7, 11) is 1.64. The van der Waals surface area contributed by atoms with E-state index in [2.05, 4.69) is 15.6 Å². The molecular weight excluding hydrogens is 384 g/mol. The first-order valence-electron chi connectivity index (χ1n) is 10.8. The average molecular weight is 415 g/mol. The minimum Gasteiger partial charge on any atom is -0.496 e. The highest BCUT2D eigenvalue weighted by molar-refractivity contribution is 5.79. The van der Waals surface area contributed by atoms with Gasteiger partial charge in [-0.15, -0.1) is 5.10 Å². The molecule has 1 aliphatic heterocycles. The third-order valence-electron chi connectivity index (χ3n) is 6.20. The molecule has 1 amide bonds. The quantitative estimate of drug-likeness (QED) is 0.687. The van der Waals surface area contributed by atoms with Gasteiger partial charge in [0.1, 0.15) is 17.5 Å². The van der Waals surface area contributed by atoms with Crippen molar-refractivity contribution in [1.82, 2.24) is 20.3 Å². The molecule has 0 radical (unpaired) electrons. The zero-order chi connectivity index (χ0) is 20.9. The van der Waals surface area contributed by atoms with E-state index in [1.807, 2.05) is 35.1 Å². The predicted molar refractivity (Wildman–Crippen MR) is 111 cm³/mol. The number of aliphatic hydroxyl groups excluding tert-OH is 1. The maximum atomic E-state index is 12.2. The van der Waals surface area contributed by atoms with Crippen LogP contribution in [0.3, 0.4) is 0 Å². The van der Waals surface area contributed by atoms with Crippen molar-refractivity contribution in [1.29, 1.82) is 0 Å². The van der Waals surface area contributed by atoms with Gasteiger partial charge in [0.15, 0.2) is 0 Å². The Morgan fingerprint density at radius 3 is 2.87 bits per heavy atom. The lowest BCUT2D eigenvalue weighted by molar-refractivity contribution is -0.134. The van der Waals surface area contributed by atoms with E-state index < -0.39 is 0 Å². The maximum absolute atomic E-state index is 12.2. The molecule has 2 aliphatic rings. The molecule has 1 saturated carbocycles. The molecule has 1 saturated heterocycles. The van der Waals surface area contributed by atoms with Crippen molar-refractivity contribution >= 4 is 5.91 Å². The second-order valence-corrected chi connectivity index (χ2v) is 8.16.